The minimum atomic E-state index is -3.84. The molecule has 1 aliphatic carbocycles. The number of para-hydroxylation sites is 1. The van der Waals surface area contributed by atoms with Crippen molar-refractivity contribution >= 4 is 25.7 Å². The topological polar surface area (TPSA) is 124 Å². The van der Waals surface area contributed by atoms with E-state index in [9.17, 15) is 16.8 Å². The van der Waals surface area contributed by atoms with Crippen LogP contribution in [0.5, 0.6) is 0 Å². The number of benzene rings is 1. The number of hydrogen-bond acceptors (Lipinski definition) is 5. The maximum absolute atomic E-state index is 12.1. The highest BCUT2D eigenvalue weighted by atomic mass is 32.2. The molecule has 1 saturated heterocycles. The predicted octanol–water partition coefficient (Wildman–Crippen LogP) is 0.481. The number of sulfonamides is 2. The molecule has 1 heterocycles. The van der Waals surface area contributed by atoms with Gasteiger partial charge in [-0.15, -0.1) is 0 Å². The van der Waals surface area contributed by atoms with Gasteiger partial charge in [0, 0.05) is 5.69 Å². The first-order valence-electron chi connectivity index (χ1n) is 7.54. The van der Waals surface area contributed by atoms with Crippen molar-refractivity contribution in [2.75, 3.05) is 4.90 Å². The van der Waals surface area contributed by atoms with E-state index < -0.39 is 36.2 Å². The zero-order chi connectivity index (χ0) is 16.9. The molecule has 128 valence electrons. The molecule has 1 saturated carbocycles. The molecule has 23 heavy (non-hydrogen) atoms. The molecule has 3 unspecified atom stereocenters. The zero-order valence-electron chi connectivity index (χ0n) is 12.6. The lowest BCUT2D eigenvalue weighted by molar-refractivity contribution is 0.428. The van der Waals surface area contributed by atoms with E-state index >= 15 is 0 Å². The Labute approximate surface area is 136 Å². The third-order valence-corrected chi connectivity index (χ3v) is 7.75. The summed E-state index contributed by atoms with van der Waals surface area (Å²) in [7, 11) is -7.62. The van der Waals surface area contributed by atoms with Gasteiger partial charge >= 0.3 is 0 Å². The van der Waals surface area contributed by atoms with Crippen LogP contribution in [0.4, 0.5) is 5.69 Å². The molecule has 1 aliphatic heterocycles. The van der Waals surface area contributed by atoms with Crippen molar-refractivity contribution in [1.82, 2.24) is 0 Å². The SMILES string of the molecule is NS(=O)(=O)C1CCC2(CCCC2S(N)(=O)=O)N1c1ccccc1. The molecule has 2 aliphatic rings. The largest absolute Gasteiger partial charge is 0.347 e. The molecule has 0 aromatic heterocycles. The molecule has 9 heteroatoms. The number of nitrogens with two attached hydrogens (primary N) is 2. The van der Waals surface area contributed by atoms with Gasteiger partial charge in [-0.25, -0.2) is 27.1 Å². The lowest BCUT2D eigenvalue weighted by Gasteiger charge is -2.42. The lowest BCUT2D eigenvalue weighted by Crippen LogP contribution is -2.58. The van der Waals surface area contributed by atoms with Crippen molar-refractivity contribution in [3.05, 3.63) is 30.3 Å². The average Bonchev–Trinajstić information content (AvgIpc) is 3.04. The van der Waals surface area contributed by atoms with E-state index in [1.165, 1.54) is 0 Å². The number of nitrogens with zero attached hydrogens (tertiary/aromatic N) is 1. The fraction of sp³-hybridized carbons (Fsp3) is 0.571. The van der Waals surface area contributed by atoms with Gasteiger partial charge in [-0.3, -0.25) is 0 Å². The third-order valence-electron chi connectivity index (χ3n) is 5.08. The normalized spacial score (nSPS) is 31.8. The highest BCUT2D eigenvalue weighted by molar-refractivity contribution is 7.90. The first-order chi connectivity index (χ1) is 10.7. The molecule has 0 radical (unpaired) electrons. The summed E-state index contributed by atoms with van der Waals surface area (Å²) in [4.78, 5) is 1.70. The van der Waals surface area contributed by atoms with Crippen molar-refractivity contribution in [2.45, 2.75) is 48.3 Å². The molecule has 7 nitrogen and oxygen atoms in total. The first-order valence-corrected chi connectivity index (χ1v) is 10.8. The Morgan fingerprint density at radius 1 is 0.957 bits per heavy atom. The van der Waals surface area contributed by atoms with Gasteiger partial charge in [-0.2, -0.15) is 0 Å². The smallest absolute Gasteiger partial charge is 0.230 e. The van der Waals surface area contributed by atoms with Crippen LogP contribution in [-0.2, 0) is 20.0 Å². The van der Waals surface area contributed by atoms with Gasteiger partial charge in [0.05, 0.1) is 10.8 Å². The van der Waals surface area contributed by atoms with E-state index in [2.05, 4.69) is 0 Å². The fourth-order valence-electron chi connectivity index (χ4n) is 4.29. The van der Waals surface area contributed by atoms with Gasteiger partial charge < -0.3 is 4.90 Å². The molecule has 0 amide bonds. The Balaban J connectivity index is 2.17. The molecule has 1 spiro atoms. The number of rotatable bonds is 3. The van der Waals surface area contributed by atoms with Gasteiger partial charge in [-0.05, 0) is 44.2 Å². The van der Waals surface area contributed by atoms with Crippen molar-refractivity contribution in [3.63, 3.8) is 0 Å². The summed E-state index contributed by atoms with van der Waals surface area (Å²) in [6.45, 7) is 0. The fourth-order valence-corrected chi connectivity index (χ4v) is 6.82. The van der Waals surface area contributed by atoms with Crippen LogP contribution in [0.3, 0.4) is 0 Å². The Kier molecular flexibility index (Phi) is 3.95. The second kappa shape index (κ2) is 5.44. The monoisotopic (exact) mass is 359 g/mol. The van der Waals surface area contributed by atoms with Crippen molar-refractivity contribution in [3.8, 4) is 0 Å². The summed E-state index contributed by atoms with van der Waals surface area (Å²) in [6, 6.07) is 8.97. The molecule has 1 aromatic rings. The summed E-state index contributed by atoms with van der Waals surface area (Å²) in [5, 5.41) is 9.18. The van der Waals surface area contributed by atoms with Crippen LogP contribution in [0.1, 0.15) is 32.1 Å². The second-order valence-electron chi connectivity index (χ2n) is 6.36. The molecule has 3 rings (SSSR count). The van der Waals surface area contributed by atoms with Crippen molar-refractivity contribution in [1.29, 1.82) is 0 Å². The van der Waals surface area contributed by atoms with Crippen LogP contribution >= 0.6 is 0 Å². The summed E-state index contributed by atoms with van der Waals surface area (Å²) >= 11 is 0. The standard InChI is InChI=1S/C14H21N3O4S2/c15-22(18,19)12-7-4-9-14(12)10-8-13(23(16,20)21)17(14)11-5-2-1-3-6-11/h1-3,5-6,12-13H,4,7-10H2,(H2,15,18,19)(H2,16,20,21). The van der Waals surface area contributed by atoms with Gasteiger partial charge in [0.2, 0.25) is 20.0 Å². The molecule has 1 aromatic carbocycles. The molecular weight excluding hydrogens is 338 g/mol. The van der Waals surface area contributed by atoms with Gasteiger partial charge in [0.1, 0.15) is 5.37 Å². The maximum Gasteiger partial charge on any atom is 0.230 e. The maximum atomic E-state index is 12.1. The van der Waals surface area contributed by atoms with E-state index in [0.29, 0.717) is 37.8 Å². The minimum absolute atomic E-state index is 0.305. The Bertz CT molecular complexity index is 795. The van der Waals surface area contributed by atoms with Gasteiger partial charge in [0.15, 0.2) is 0 Å². The number of hydrogen-bond donors (Lipinski definition) is 2. The molecule has 2 fully saturated rings. The highest BCUT2D eigenvalue weighted by Crippen LogP contribution is 2.50. The van der Waals surface area contributed by atoms with Crippen LogP contribution < -0.4 is 15.2 Å². The zero-order valence-corrected chi connectivity index (χ0v) is 14.3. The Morgan fingerprint density at radius 3 is 2.17 bits per heavy atom. The highest BCUT2D eigenvalue weighted by Gasteiger charge is 2.59. The van der Waals surface area contributed by atoms with E-state index in [0.717, 1.165) is 0 Å². The molecule has 0 bridgehead atoms. The summed E-state index contributed by atoms with van der Waals surface area (Å²) < 4.78 is 48.3. The number of anilines is 1. The molecule has 4 N–H and O–H groups in total. The summed E-state index contributed by atoms with van der Waals surface area (Å²) in [5.41, 5.74) is -0.133. The molecule has 3 atom stereocenters. The number of primary sulfonamides is 2. The van der Waals surface area contributed by atoms with E-state index in [-0.39, 0.29) is 0 Å². The summed E-state index contributed by atoms with van der Waals surface area (Å²) in [5.74, 6) is 0. The van der Waals surface area contributed by atoms with E-state index in [4.69, 9.17) is 10.3 Å². The van der Waals surface area contributed by atoms with Crippen LogP contribution in [0, 0.1) is 0 Å². The van der Waals surface area contributed by atoms with E-state index in [1.54, 1.807) is 29.2 Å². The Hall–Kier alpha value is -1.16. The quantitative estimate of drug-likeness (QED) is 0.812. The van der Waals surface area contributed by atoms with Gasteiger partial charge in [-0.1, -0.05) is 18.2 Å². The predicted molar refractivity (Wildman–Crippen MR) is 88.5 cm³/mol. The average molecular weight is 359 g/mol. The molecular formula is C14H21N3O4S2. The van der Waals surface area contributed by atoms with Crippen LogP contribution in [0.2, 0.25) is 0 Å². The Morgan fingerprint density at radius 2 is 1.61 bits per heavy atom. The first kappa shape index (κ1) is 16.7. The lowest BCUT2D eigenvalue weighted by atomic mass is 9.93. The van der Waals surface area contributed by atoms with Crippen molar-refractivity contribution < 1.29 is 16.8 Å². The van der Waals surface area contributed by atoms with Gasteiger partial charge in [0.25, 0.3) is 0 Å². The van der Waals surface area contributed by atoms with E-state index in [1.807, 2.05) is 6.07 Å². The van der Waals surface area contributed by atoms with Crippen LogP contribution in [-0.4, -0.2) is 33.0 Å². The second-order valence-corrected chi connectivity index (χ2v) is 9.83. The van der Waals surface area contributed by atoms with Crippen LogP contribution in [0.25, 0.3) is 0 Å². The summed E-state index contributed by atoms with van der Waals surface area (Å²) in [6.07, 6.45) is 2.49. The minimum Gasteiger partial charge on any atom is -0.347 e. The van der Waals surface area contributed by atoms with Crippen molar-refractivity contribution in [2.24, 2.45) is 10.3 Å². The third kappa shape index (κ3) is 2.75. The van der Waals surface area contributed by atoms with Crippen LogP contribution in [0.15, 0.2) is 30.3 Å².